The predicted molar refractivity (Wildman–Crippen MR) is 53.5 cm³/mol. The molecule has 1 nitrogen and oxygen atoms in total. The Labute approximate surface area is 71.4 Å². The summed E-state index contributed by atoms with van der Waals surface area (Å²) < 4.78 is 0. The van der Waals surface area contributed by atoms with Gasteiger partial charge in [-0.3, -0.25) is 0 Å². The van der Waals surface area contributed by atoms with E-state index < -0.39 is 8.07 Å². The Bertz CT molecular complexity index is 123. The summed E-state index contributed by atoms with van der Waals surface area (Å²) in [6.07, 6.45) is 4.25. The van der Waals surface area contributed by atoms with Gasteiger partial charge in [0, 0.05) is 8.07 Å². The summed E-state index contributed by atoms with van der Waals surface area (Å²) in [6.45, 7) is 5.96. The highest BCUT2D eigenvalue weighted by Crippen LogP contribution is 2.29. The van der Waals surface area contributed by atoms with E-state index in [-0.39, 0.29) is 0 Å². The summed E-state index contributed by atoms with van der Waals surface area (Å²) in [5, 5.41) is 0. The van der Waals surface area contributed by atoms with Crippen LogP contribution in [0.3, 0.4) is 0 Å². The Morgan fingerprint density at radius 2 is 2.00 bits per heavy atom. The van der Waals surface area contributed by atoms with Crippen LogP contribution in [0.2, 0.25) is 25.2 Å². The first kappa shape index (κ1) is 9.27. The van der Waals surface area contributed by atoms with Crippen LogP contribution >= 0.6 is 0 Å². The van der Waals surface area contributed by atoms with Crippen LogP contribution in [0.15, 0.2) is 0 Å². The second-order valence-electron chi connectivity index (χ2n) is 4.70. The van der Waals surface area contributed by atoms with E-state index in [4.69, 9.17) is 5.73 Å². The first-order chi connectivity index (χ1) is 5.14. The monoisotopic (exact) mass is 171 g/mol. The van der Waals surface area contributed by atoms with Crippen LogP contribution in [0.4, 0.5) is 0 Å². The third-order valence-corrected chi connectivity index (χ3v) is 6.38. The third kappa shape index (κ3) is 2.95. The summed E-state index contributed by atoms with van der Waals surface area (Å²) in [6, 6.07) is 3.04. The highest BCUT2D eigenvalue weighted by molar-refractivity contribution is 6.77. The van der Waals surface area contributed by atoms with Gasteiger partial charge in [-0.1, -0.05) is 38.0 Å². The maximum absolute atomic E-state index is 5.68. The zero-order chi connectivity index (χ0) is 8.32. The van der Waals surface area contributed by atoms with Gasteiger partial charge < -0.3 is 5.73 Å². The average molecular weight is 171 g/mol. The normalized spacial score (nSPS) is 31.4. The molecule has 66 valence electrons. The zero-order valence-corrected chi connectivity index (χ0v) is 8.90. The zero-order valence-electron chi connectivity index (χ0n) is 7.90. The van der Waals surface area contributed by atoms with E-state index in [0.29, 0.717) is 0 Å². The van der Waals surface area contributed by atoms with Crippen molar-refractivity contribution in [3.8, 4) is 0 Å². The number of hydrogen-bond donors (Lipinski definition) is 1. The van der Waals surface area contributed by atoms with Crippen molar-refractivity contribution in [2.75, 3.05) is 6.54 Å². The van der Waals surface area contributed by atoms with Crippen LogP contribution in [0.5, 0.6) is 0 Å². The molecule has 11 heavy (non-hydrogen) atoms. The Hall–Kier alpha value is 0.177. The smallest absolute Gasteiger partial charge is 0.0473 e. The van der Waals surface area contributed by atoms with E-state index in [9.17, 15) is 0 Å². The molecule has 2 N–H and O–H groups in total. The average Bonchev–Trinajstić information content (AvgIpc) is 2.10. The summed E-state index contributed by atoms with van der Waals surface area (Å²) in [4.78, 5) is 0. The van der Waals surface area contributed by atoms with Crippen LogP contribution in [-0.2, 0) is 0 Å². The molecule has 1 aliphatic rings. The molecule has 0 unspecified atom stereocenters. The van der Waals surface area contributed by atoms with Gasteiger partial charge in [-0.2, -0.15) is 0 Å². The lowest BCUT2D eigenvalue weighted by molar-refractivity contribution is 0.484. The second-order valence-corrected chi connectivity index (χ2v) is 10.0. The van der Waals surface area contributed by atoms with Crippen LogP contribution in [0.1, 0.15) is 19.3 Å². The Kier molecular flexibility index (Phi) is 3.13. The van der Waals surface area contributed by atoms with Gasteiger partial charge in [0.2, 0.25) is 0 Å². The van der Waals surface area contributed by atoms with Gasteiger partial charge in [-0.05, 0) is 18.9 Å². The van der Waals surface area contributed by atoms with E-state index in [1.54, 1.807) is 0 Å². The Morgan fingerprint density at radius 1 is 1.27 bits per heavy atom. The van der Waals surface area contributed by atoms with E-state index in [1.807, 2.05) is 0 Å². The lowest BCUT2D eigenvalue weighted by atomic mass is 10.0. The molecule has 0 aliphatic carbocycles. The molecule has 0 amide bonds. The molecular formula is C9H21NSi. The van der Waals surface area contributed by atoms with Crippen molar-refractivity contribution >= 4 is 8.07 Å². The summed E-state index contributed by atoms with van der Waals surface area (Å²) in [5.74, 6) is 0.851. The first-order valence-corrected chi connectivity index (χ1v) is 8.25. The van der Waals surface area contributed by atoms with E-state index in [2.05, 4.69) is 13.1 Å². The van der Waals surface area contributed by atoms with Crippen LogP contribution in [-0.4, -0.2) is 14.6 Å². The summed E-state index contributed by atoms with van der Waals surface area (Å²) in [7, 11) is -0.754. The lowest BCUT2D eigenvalue weighted by Crippen LogP contribution is -2.23. The number of rotatable bonds is 1. The SMILES string of the molecule is C[Si]1(C)CCC[C@@H](CN)CC1. The van der Waals surface area contributed by atoms with Gasteiger partial charge in [0.15, 0.2) is 0 Å². The van der Waals surface area contributed by atoms with E-state index in [1.165, 1.54) is 31.4 Å². The van der Waals surface area contributed by atoms with Gasteiger partial charge >= 0.3 is 0 Å². The Morgan fingerprint density at radius 3 is 2.64 bits per heavy atom. The van der Waals surface area contributed by atoms with Gasteiger partial charge in [0.25, 0.3) is 0 Å². The lowest BCUT2D eigenvalue weighted by Gasteiger charge is -2.19. The molecule has 0 aromatic rings. The van der Waals surface area contributed by atoms with Crippen LogP contribution in [0.25, 0.3) is 0 Å². The molecule has 1 fully saturated rings. The third-order valence-electron chi connectivity index (χ3n) is 3.03. The maximum Gasteiger partial charge on any atom is 0.0473 e. The highest BCUT2D eigenvalue weighted by atomic mass is 28.3. The molecule has 1 heterocycles. The number of hydrogen-bond acceptors (Lipinski definition) is 1. The molecule has 0 saturated carbocycles. The van der Waals surface area contributed by atoms with Gasteiger partial charge in [-0.25, -0.2) is 0 Å². The summed E-state index contributed by atoms with van der Waals surface area (Å²) >= 11 is 0. The topological polar surface area (TPSA) is 26.0 Å². The minimum absolute atomic E-state index is 0.754. The van der Waals surface area contributed by atoms with Gasteiger partial charge in [-0.15, -0.1) is 0 Å². The van der Waals surface area contributed by atoms with Gasteiger partial charge in [0.1, 0.15) is 0 Å². The molecule has 1 saturated heterocycles. The second kappa shape index (κ2) is 3.72. The fourth-order valence-electron chi connectivity index (χ4n) is 1.97. The van der Waals surface area contributed by atoms with Crippen molar-refractivity contribution in [1.29, 1.82) is 0 Å². The molecule has 0 bridgehead atoms. The van der Waals surface area contributed by atoms with Crippen molar-refractivity contribution in [2.45, 2.75) is 44.4 Å². The minimum Gasteiger partial charge on any atom is -0.330 e. The van der Waals surface area contributed by atoms with Crippen molar-refractivity contribution in [3.63, 3.8) is 0 Å². The molecule has 1 rings (SSSR count). The number of nitrogens with two attached hydrogens (primary N) is 1. The molecule has 0 radical (unpaired) electrons. The minimum atomic E-state index is -0.754. The quantitative estimate of drug-likeness (QED) is 0.603. The predicted octanol–water partition coefficient (Wildman–Crippen LogP) is 2.45. The maximum atomic E-state index is 5.68. The Balaban J connectivity index is 2.39. The molecule has 1 atom stereocenters. The van der Waals surface area contributed by atoms with E-state index in [0.717, 1.165) is 12.5 Å². The summed E-state index contributed by atoms with van der Waals surface area (Å²) in [5.41, 5.74) is 5.68. The molecule has 0 aromatic carbocycles. The van der Waals surface area contributed by atoms with Crippen molar-refractivity contribution in [2.24, 2.45) is 11.7 Å². The van der Waals surface area contributed by atoms with Crippen LogP contribution < -0.4 is 5.73 Å². The molecular weight excluding hydrogens is 150 g/mol. The highest BCUT2D eigenvalue weighted by Gasteiger charge is 2.25. The standard InChI is InChI=1S/C9H21NSi/c1-11(2)6-3-4-9(8-10)5-7-11/h9H,3-8,10H2,1-2H3/t9-/m1/s1. The molecule has 2 heteroatoms. The first-order valence-electron chi connectivity index (χ1n) is 4.84. The van der Waals surface area contributed by atoms with Crippen LogP contribution in [0, 0.1) is 5.92 Å². The van der Waals surface area contributed by atoms with Crippen molar-refractivity contribution in [1.82, 2.24) is 0 Å². The molecule has 0 aromatic heterocycles. The fourth-order valence-corrected chi connectivity index (χ4v) is 4.57. The van der Waals surface area contributed by atoms with Crippen molar-refractivity contribution in [3.05, 3.63) is 0 Å². The molecule has 1 aliphatic heterocycles. The van der Waals surface area contributed by atoms with Crippen molar-refractivity contribution < 1.29 is 0 Å². The largest absolute Gasteiger partial charge is 0.330 e. The van der Waals surface area contributed by atoms with Gasteiger partial charge in [0.05, 0.1) is 0 Å². The molecule has 0 spiro atoms. The fraction of sp³-hybridized carbons (Fsp3) is 1.00. The van der Waals surface area contributed by atoms with E-state index >= 15 is 0 Å².